The lowest BCUT2D eigenvalue weighted by Crippen LogP contribution is -2.19. The van der Waals surface area contributed by atoms with Crippen molar-refractivity contribution in [3.63, 3.8) is 0 Å². The van der Waals surface area contributed by atoms with Crippen LogP contribution >= 0.6 is 14.5 Å². The largest absolute Gasteiger partial charge is 0.168 e. The molecule has 0 amide bonds. The summed E-state index contributed by atoms with van der Waals surface area (Å²) in [6, 6.07) is 22.1. The van der Waals surface area contributed by atoms with Gasteiger partial charge in [-0.3, -0.25) is 0 Å². The van der Waals surface area contributed by atoms with Crippen molar-refractivity contribution in [3.8, 4) is 0 Å². The van der Waals surface area contributed by atoms with Crippen LogP contribution in [-0.2, 0) is 0 Å². The molecule has 2 aromatic carbocycles. The van der Waals surface area contributed by atoms with Gasteiger partial charge in [0.15, 0.2) is 5.90 Å². The molecule has 0 aliphatic heterocycles. The van der Waals surface area contributed by atoms with Gasteiger partial charge in [-0.05, 0) is 24.3 Å². The number of hydrogen-bond acceptors (Lipinski definition) is 0. The molecule has 0 fully saturated rings. The molecule has 0 aromatic heterocycles. The topological polar surface area (TPSA) is 0 Å². The Hall–Kier alpha value is -0.700. The van der Waals surface area contributed by atoms with Crippen LogP contribution in [0.3, 0.4) is 0 Å². The van der Waals surface area contributed by atoms with Crippen molar-refractivity contribution in [1.29, 1.82) is 0 Å². The van der Waals surface area contributed by atoms with E-state index >= 15 is 0 Å². The SMILES string of the molecule is C[P+](C)(C[P+](C)(C)c1ccccc1)c1ccccc1. The zero-order valence-electron chi connectivity index (χ0n) is 12.4. The van der Waals surface area contributed by atoms with Crippen LogP contribution < -0.4 is 10.6 Å². The van der Waals surface area contributed by atoms with Crippen molar-refractivity contribution >= 4 is 25.1 Å². The maximum Gasteiger partial charge on any atom is 0.168 e. The third kappa shape index (κ3) is 3.65. The van der Waals surface area contributed by atoms with Gasteiger partial charge >= 0.3 is 0 Å². The van der Waals surface area contributed by atoms with E-state index in [0.29, 0.717) is 0 Å². The van der Waals surface area contributed by atoms with Gasteiger partial charge in [0.05, 0.1) is 51.8 Å². The minimum Gasteiger partial charge on any atom is -0.0620 e. The summed E-state index contributed by atoms with van der Waals surface area (Å²) in [5.41, 5.74) is 0. The molecule has 0 nitrogen and oxygen atoms in total. The molecular weight excluding hydrogens is 266 g/mol. The fraction of sp³-hybridized carbons (Fsp3) is 0.294. The molecule has 0 aliphatic carbocycles. The predicted octanol–water partition coefficient (Wildman–Crippen LogP) is 4.15. The van der Waals surface area contributed by atoms with Gasteiger partial charge in [-0.25, -0.2) is 0 Å². The van der Waals surface area contributed by atoms with E-state index in [1.165, 1.54) is 5.90 Å². The highest BCUT2D eigenvalue weighted by atomic mass is 31.2. The smallest absolute Gasteiger partial charge is 0.0620 e. The Bertz CT molecular complexity index is 466. The molecule has 0 heterocycles. The van der Waals surface area contributed by atoms with E-state index in [1.807, 2.05) is 0 Å². The Morgan fingerprint density at radius 2 is 0.895 bits per heavy atom. The predicted molar refractivity (Wildman–Crippen MR) is 94.6 cm³/mol. The Balaban J connectivity index is 2.25. The minimum absolute atomic E-state index is 1.03. The van der Waals surface area contributed by atoms with Gasteiger partial charge in [-0.2, -0.15) is 0 Å². The molecule has 0 saturated carbocycles. The monoisotopic (exact) mass is 290 g/mol. The van der Waals surface area contributed by atoms with Crippen LogP contribution in [0.4, 0.5) is 0 Å². The Morgan fingerprint density at radius 3 is 1.21 bits per heavy atom. The molecular formula is C17H24P2+2. The highest BCUT2D eigenvalue weighted by Crippen LogP contribution is 2.66. The second kappa shape index (κ2) is 5.74. The van der Waals surface area contributed by atoms with E-state index in [4.69, 9.17) is 0 Å². The molecule has 0 aliphatic rings. The minimum atomic E-state index is -1.03. The number of hydrogen-bond donors (Lipinski definition) is 0. The van der Waals surface area contributed by atoms with Crippen molar-refractivity contribution in [2.75, 3.05) is 32.6 Å². The maximum atomic E-state index is 2.48. The zero-order chi connectivity index (χ0) is 13.9. The van der Waals surface area contributed by atoms with Crippen LogP contribution in [0.15, 0.2) is 60.7 Å². The third-order valence-electron chi connectivity index (χ3n) is 3.62. The van der Waals surface area contributed by atoms with Gasteiger partial charge in [0.25, 0.3) is 0 Å². The molecule has 2 aromatic rings. The molecule has 19 heavy (non-hydrogen) atoms. The Labute approximate surface area is 118 Å². The molecule has 0 atom stereocenters. The maximum absolute atomic E-state index is 2.48. The van der Waals surface area contributed by atoms with Gasteiger partial charge < -0.3 is 0 Å². The molecule has 0 saturated heterocycles. The van der Waals surface area contributed by atoms with E-state index in [9.17, 15) is 0 Å². The van der Waals surface area contributed by atoms with Crippen LogP contribution in [0, 0.1) is 0 Å². The fourth-order valence-corrected chi connectivity index (χ4v) is 13.0. The average Bonchev–Trinajstić information content (AvgIpc) is 2.40. The lowest BCUT2D eigenvalue weighted by Gasteiger charge is -2.24. The number of rotatable bonds is 4. The van der Waals surface area contributed by atoms with Crippen LogP contribution in [0.25, 0.3) is 0 Å². The summed E-state index contributed by atoms with van der Waals surface area (Å²) in [4.78, 5) is 0. The molecule has 0 radical (unpaired) electrons. The molecule has 2 rings (SSSR count). The van der Waals surface area contributed by atoms with Gasteiger partial charge in [-0.1, -0.05) is 36.4 Å². The molecule has 0 spiro atoms. The average molecular weight is 290 g/mol. The van der Waals surface area contributed by atoms with Crippen molar-refractivity contribution in [2.24, 2.45) is 0 Å². The van der Waals surface area contributed by atoms with E-state index in [-0.39, 0.29) is 0 Å². The second-order valence-corrected chi connectivity index (χ2v) is 15.1. The molecule has 0 unspecified atom stereocenters. The summed E-state index contributed by atoms with van der Waals surface area (Å²) in [5.74, 6) is 1.36. The summed E-state index contributed by atoms with van der Waals surface area (Å²) >= 11 is 0. The van der Waals surface area contributed by atoms with E-state index in [0.717, 1.165) is 0 Å². The standard InChI is InChI=1S/C17H24P2/c1-18(2,16-11-7-5-8-12-16)15-19(3,4)17-13-9-6-10-14-17/h5-14H,15H2,1-4H3/q+2. The first kappa shape index (κ1) is 14.7. The van der Waals surface area contributed by atoms with Crippen molar-refractivity contribution in [1.82, 2.24) is 0 Å². The molecule has 0 bridgehead atoms. The highest BCUT2D eigenvalue weighted by Gasteiger charge is 2.42. The first-order valence-corrected chi connectivity index (χ1v) is 12.4. The van der Waals surface area contributed by atoms with E-state index < -0.39 is 14.5 Å². The van der Waals surface area contributed by atoms with Crippen molar-refractivity contribution < 1.29 is 0 Å². The molecule has 0 N–H and O–H groups in total. The quantitative estimate of drug-likeness (QED) is 0.742. The summed E-state index contributed by atoms with van der Waals surface area (Å²) < 4.78 is 0. The first-order valence-electron chi connectivity index (χ1n) is 6.69. The van der Waals surface area contributed by atoms with E-state index in [2.05, 4.69) is 87.3 Å². The first-order chi connectivity index (χ1) is 8.92. The fourth-order valence-electron chi connectivity index (χ4n) is 2.71. The van der Waals surface area contributed by atoms with Crippen LogP contribution in [-0.4, -0.2) is 32.6 Å². The third-order valence-corrected chi connectivity index (χ3v) is 12.7. The van der Waals surface area contributed by atoms with E-state index in [1.54, 1.807) is 10.6 Å². The van der Waals surface area contributed by atoms with Gasteiger partial charge in [0, 0.05) is 0 Å². The lowest BCUT2D eigenvalue weighted by molar-refractivity contribution is 1.71. The van der Waals surface area contributed by atoms with Gasteiger partial charge in [0.1, 0.15) is 0 Å². The highest BCUT2D eigenvalue weighted by molar-refractivity contribution is 7.97. The van der Waals surface area contributed by atoms with Crippen molar-refractivity contribution in [2.45, 2.75) is 0 Å². The summed E-state index contributed by atoms with van der Waals surface area (Å²) in [6.07, 6.45) is 0. The summed E-state index contributed by atoms with van der Waals surface area (Å²) in [5, 5.41) is 3.11. The molecule has 100 valence electrons. The normalized spacial score (nSPS) is 12.4. The summed E-state index contributed by atoms with van der Waals surface area (Å²) in [6.45, 7) is 9.92. The van der Waals surface area contributed by atoms with Crippen LogP contribution in [0.1, 0.15) is 0 Å². The zero-order valence-corrected chi connectivity index (χ0v) is 14.2. The Morgan fingerprint density at radius 1 is 0.579 bits per heavy atom. The van der Waals surface area contributed by atoms with Gasteiger partial charge in [-0.15, -0.1) is 0 Å². The van der Waals surface area contributed by atoms with Crippen LogP contribution in [0.5, 0.6) is 0 Å². The molecule has 2 heteroatoms. The summed E-state index contributed by atoms with van der Waals surface area (Å²) in [7, 11) is -2.06. The van der Waals surface area contributed by atoms with Crippen LogP contribution in [0.2, 0.25) is 0 Å². The Kier molecular flexibility index (Phi) is 4.44. The lowest BCUT2D eigenvalue weighted by atomic mass is 10.4. The van der Waals surface area contributed by atoms with Crippen molar-refractivity contribution in [3.05, 3.63) is 60.7 Å². The second-order valence-electron chi connectivity index (χ2n) is 6.18. The number of benzene rings is 2. The van der Waals surface area contributed by atoms with Gasteiger partial charge in [0.2, 0.25) is 0 Å².